The highest BCUT2D eigenvalue weighted by Gasteiger charge is 2.23. The lowest BCUT2D eigenvalue weighted by atomic mass is 10.0. The summed E-state index contributed by atoms with van der Waals surface area (Å²) in [7, 11) is 0. The zero-order valence-electron chi connectivity index (χ0n) is 12.5. The summed E-state index contributed by atoms with van der Waals surface area (Å²) in [5, 5.41) is 0. The third-order valence-corrected chi connectivity index (χ3v) is 4.13. The molecule has 0 bridgehead atoms. The van der Waals surface area contributed by atoms with Crippen molar-refractivity contribution in [3.8, 4) is 0 Å². The maximum atomic E-state index is 12.3. The van der Waals surface area contributed by atoms with Gasteiger partial charge in [-0.2, -0.15) is 0 Å². The summed E-state index contributed by atoms with van der Waals surface area (Å²) in [6.45, 7) is 5.47. The number of aromatic nitrogens is 2. The van der Waals surface area contributed by atoms with Crippen molar-refractivity contribution in [2.75, 3.05) is 0 Å². The Morgan fingerprint density at radius 3 is 2.86 bits per heavy atom. The molecule has 1 aromatic carbocycles. The van der Waals surface area contributed by atoms with Crippen molar-refractivity contribution in [1.82, 2.24) is 14.9 Å². The lowest BCUT2D eigenvalue weighted by molar-refractivity contribution is -0.131. The Morgan fingerprint density at radius 1 is 1.24 bits per heavy atom. The molecule has 1 amide bonds. The van der Waals surface area contributed by atoms with E-state index in [0.717, 1.165) is 17.7 Å². The summed E-state index contributed by atoms with van der Waals surface area (Å²) in [5.74, 6) is 0.186. The van der Waals surface area contributed by atoms with Gasteiger partial charge < -0.3 is 4.90 Å². The third kappa shape index (κ3) is 2.94. The molecule has 0 radical (unpaired) electrons. The fourth-order valence-electron chi connectivity index (χ4n) is 2.65. The summed E-state index contributed by atoms with van der Waals surface area (Å²) in [6.07, 6.45) is 4.68. The molecule has 0 fully saturated rings. The molecule has 21 heavy (non-hydrogen) atoms. The molecule has 0 N–H and O–H groups in total. The van der Waals surface area contributed by atoms with Crippen LogP contribution in [0.15, 0.2) is 30.7 Å². The molecule has 3 rings (SSSR count). The number of carbonyl (C=O) groups excluding carboxylic acids is 1. The van der Waals surface area contributed by atoms with Crippen LogP contribution in [0.1, 0.15) is 34.4 Å². The number of fused-ring (bicyclic) bond motifs is 1. The molecule has 0 unspecified atom stereocenters. The van der Waals surface area contributed by atoms with Crippen molar-refractivity contribution in [3.05, 3.63) is 58.7 Å². The second-order valence-electron chi connectivity index (χ2n) is 5.66. The minimum Gasteiger partial charge on any atom is -0.332 e. The molecule has 4 heteroatoms. The smallest absolute Gasteiger partial charge is 0.223 e. The molecule has 4 nitrogen and oxygen atoms in total. The van der Waals surface area contributed by atoms with E-state index in [4.69, 9.17) is 0 Å². The van der Waals surface area contributed by atoms with E-state index in [2.05, 4.69) is 42.0 Å². The van der Waals surface area contributed by atoms with Crippen molar-refractivity contribution >= 4 is 5.91 Å². The fraction of sp³-hybridized carbons (Fsp3) is 0.353. The van der Waals surface area contributed by atoms with E-state index in [0.29, 0.717) is 19.5 Å². The predicted molar refractivity (Wildman–Crippen MR) is 80.5 cm³/mol. The van der Waals surface area contributed by atoms with Gasteiger partial charge in [-0.15, -0.1) is 0 Å². The summed E-state index contributed by atoms with van der Waals surface area (Å²) in [6, 6.07) is 6.41. The van der Waals surface area contributed by atoms with Crippen LogP contribution in [-0.2, 0) is 24.3 Å². The minimum absolute atomic E-state index is 0.186. The molecule has 2 heterocycles. The average molecular weight is 281 g/mol. The molecular weight excluding hydrogens is 262 g/mol. The van der Waals surface area contributed by atoms with Gasteiger partial charge in [-0.3, -0.25) is 4.79 Å². The maximum absolute atomic E-state index is 12.3. The molecule has 1 aliphatic rings. The minimum atomic E-state index is 0.186. The standard InChI is InChI=1S/C17H19N3O/c1-12-3-4-14(7-13(12)2)5-6-17(21)20-9-15-8-18-11-19-16(15)10-20/h3-4,7-8,11H,5-6,9-10H2,1-2H3. The summed E-state index contributed by atoms with van der Waals surface area (Å²) in [5.41, 5.74) is 5.84. The van der Waals surface area contributed by atoms with Crippen molar-refractivity contribution < 1.29 is 4.79 Å². The molecule has 2 aromatic rings. The number of hydrogen-bond donors (Lipinski definition) is 0. The molecule has 0 atom stereocenters. The fourth-order valence-corrected chi connectivity index (χ4v) is 2.65. The van der Waals surface area contributed by atoms with Crippen molar-refractivity contribution in [2.45, 2.75) is 39.8 Å². The molecule has 0 saturated heterocycles. The lowest BCUT2D eigenvalue weighted by Gasteiger charge is -2.15. The van der Waals surface area contributed by atoms with Crippen LogP contribution >= 0.6 is 0 Å². The third-order valence-electron chi connectivity index (χ3n) is 4.13. The second-order valence-corrected chi connectivity index (χ2v) is 5.66. The van der Waals surface area contributed by atoms with E-state index >= 15 is 0 Å². The molecular formula is C17H19N3O. The average Bonchev–Trinajstić information content (AvgIpc) is 2.92. The zero-order chi connectivity index (χ0) is 14.8. The van der Waals surface area contributed by atoms with Crippen LogP contribution in [0.3, 0.4) is 0 Å². The van der Waals surface area contributed by atoms with Crippen LogP contribution in [0, 0.1) is 13.8 Å². The van der Waals surface area contributed by atoms with Gasteiger partial charge in [0.1, 0.15) is 6.33 Å². The van der Waals surface area contributed by atoms with Gasteiger partial charge in [-0.1, -0.05) is 18.2 Å². The van der Waals surface area contributed by atoms with Crippen LogP contribution in [0.2, 0.25) is 0 Å². The van der Waals surface area contributed by atoms with Gasteiger partial charge in [-0.25, -0.2) is 9.97 Å². The summed E-state index contributed by atoms with van der Waals surface area (Å²) >= 11 is 0. The molecule has 1 aliphatic heterocycles. The topological polar surface area (TPSA) is 46.1 Å². The Morgan fingerprint density at radius 2 is 2.10 bits per heavy atom. The number of benzene rings is 1. The highest BCUT2D eigenvalue weighted by Crippen LogP contribution is 2.20. The van der Waals surface area contributed by atoms with Crippen molar-refractivity contribution in [1.29, 1.82) is 0 Å². The first-order valence-electron chi connectivity index (χ1n) is 7.25. The SMILES string of the molecule is Cc1ccc(CCC(=O)N2Cc3cncnc3C2)cc1C. The van der Waals surface area contributed by atoms with Gasteiger partial charge in [0.25, 0.3) is 0 Å². The van der Waals surface area contributed by atoms with Crippen LogP contribution in [0.25, 0.3) is 0 Å². The zero-order valence-corrected chi connectivity index (χ0v) is 12.5. The number of aryl methyl sites for hydroxylation is 3. The summed E-state index contributed by atoms with van der Waals surface area (Å²) < 4.78 is 0. The molecule has 0 saturated carbocycles. The van der Waals surface area contributed by atoms with E-state index in [-0.39, 0.29) is 5.91 Å². The van der Waals surface area contributed by atoms with E-state index in [1.807, 2.05) is 4.90 Å². The van der Waals surface area contributed by atoms with Gasteiger partial charge in [0.05, 0.1) is 12.2 Å². The first-order chi connectivity index (χ1) is 10.1. The van der Waals surface area contributed by atoms with Crippen molar-refractivity contribution in [2.24, 2.45) is 0 Å². The van der Waals surface area contributed by atoms with Gasteiger partial charge >= 0.3 is 0 Å². The quantitative estimate of drug-likeness (QED) is 0.868. The Kier molecular flexibility index (Phi) is 3.69. The number of hydrogen-bond acceptors (Lipinski definition) is 3. The van der Waals surface area contributed by atoms with Gasteiger partial charge in [-0.05, 0) is 37.0 Å². The predicted octanol–water partition coefficient (Wildman–Crippen LogP) is 2.57. The molecule has 0 aliphatic carbocycles. The van der Waals surface area contributed by atoms with Gasteiger partial charge in [0, 0.05) is 24.7 Å². The highest BCUT2D eigenvalue weighted by molar-refractivity contribution is 5.77. The monoisotopic (exact) mass is 281 g/mol. The maximum Gasteiger partial charge on any atom is 0.223 e. The number of amides is 1. The number of rotatable bonds is 3. The van der Waals surface area contributed by atoms with Gasteiger partial charge in [0.2, 0.25) is 5.91 Å². The van der Waals surface area contributed by atoms with Gasteiger partial charge in [0.15, 0.2) is 0 Å². The Balaban J connectivity index is 1.59. The Bertz CT molecular complexity index is 656. The Labute approximate surface area is 124 Å². The molecule has 0 spiro atoms. The van der Waals surface area contributed by atoms with E-state index < -0.39 is 0 Å². The lowest BCUT2D eigenvalue weighted by Crippen LogP contribution is -2.25. The van der Waals surface area contributed by atoms with Crippen LogP contribution < -0.4 is 0 Å². The highest BCUT2D eigenvalue weighted by atomic mass is 16.2. The Hall–Kier alpha value is -2.23. The first-order valence-corrected chi connectivity index (χ1v) is 7.25. The number of carbonyl (C=O) groups is 1. The number of nitrogens with zero attached hydrogens (tertiary/aromatic N) is 3. The van der Waals surface area contributed by atoms with Crippen LogP contribution in [-0.4, -0.2) is 20.8 Å². The second kappa shape index (κ2) is 5.64. The van der Waals surface area contributed by atoms with E-state index in [1.54, 1.807) is 12.5 Å². The van der Waals surface area contributed by atoms with E-state index in [9.17, 15) is 4.79 Å². The summed E-state index contributed by atoms with van der Waals surface area (Å²) in [4.78, 5) is 22.4. The molecule has 108 valence electrons. The van der Waals surface area contributed by atoms with Crippen LogP contribution in [0.5, 0.6) is 0 Å². The van der Waals surface area contributed by atoms with E-state index in [1.165, 1.54) is 16.7 Å². The van der Waals surface area contributed by atoms with Crippen LogP contribution in [0.4, 0.5) is 0 Å². The van der Waals surface area contributed by atoms with Crippen molar-refractivity contribution in [3.63, 3.8) is 0 Å². The molecule has 1 aromatic heterocycles. The normalized spacial score (nSPS) is 13.3. The largest absolute Gasteiger partial charge is 0.332 e. The first kappa shape index (κ1) is 13.7.